The first-order chi connectivity index (χ1) is 9.20. The fourth-order valence-electron chi connectivity index (χ4n) is 2.47. The molecule has 0 bridgehead atoms. The lowest BCUT2D eigenvalue weighted by Crippen LogP contribution is -2.08. The highest BCUT2D eigenvalue weighted by atomic mass is 16.3. The lowest BCUT2D eigenvalue weighted by Gasteiger charge is -2.12. The molecular formula is C17H36O2. The zero-order valence-corrected chi connectivity index (χ0v) is 13.2. The molecule has 2 N–H and O–H groups in total. The average Bonchev–Trinajstić information content (AvgIpc) is 2.41. The second-order valence-electron chi connectivity index (χ2n) is 5.94. The molecule has 0 rings (SSSR count). The summed E-state index contributed by atoms with van der Waals surface area (Å²) in [6.45, 7) is 4.38. The summed E-state index contributed by atoms with van der Waals surface area (Å²) in [6, 6.07) is 0. The van der Waals surface area contributed by atoms with Gasteiger partial charge in [-0.05, 0) is 25.7 Å². The third-order valence-corrected chi connectivity index (χ3v) is 3.86. The Morgan fingerprint density at radius 1 is 0.526 bits per heavy atom. The molecule has 0 saturated carbocycles. The van der Waals surface area contributed by atoms with Gasteiger partial charge in [0, 0.05) is 0 Å². The minimum atomic E-state index is -0.119. The summed E-state index contributed by atoms with van der Waals surface area (Å²) in [7, 11) is 0. The van der Waals surface area contributed by atoms with E-state index in [1.54, 1.807) is 0 Å². The molecule has 2 unspecified atom stereocenters. The number of rotatable bonds is 14. The molecule has 116 valence electrons. The van der Waals surface area contributed by atoms with Crippen molar-refractivity contribution in [2.24, 2.45) is 0 Å². The van der Waals surface area contributed by atoms with E-state index in [1.165, 1.54) is 32.1 Å². The van der Waals surface area contributed by atoms with E-state index >= 15 is 0 Å². The Labute approximate surface area is 120 Å². The summed E-state index contributed by atoms with van der Waals surface area (Å²) in [5.41, 5.74) is 0. The molecule has 2 atom stereocenters. The van der Waals surface area contributed by atoms with Crippen molar-refractivity contribution in [1.29, 1.82) is 0 Å². The van der Waals surface area contributed by atoms with Crippen LogP contribution in [0, 0.1) is 0 Å². The molecule has 0 saturated heterocycles. The minimum Gasteiger partial charge on any atom is -0.393 e. The molecule has 0 heterocycles. The molecule has 2 nitrogen and oxygen atoms in total. The zero-order chi connectivity index (χ0) is 14.3. The topological polar surface area (TPSA) is 40.5 Å². The van der Waals surface area contributed by atoms with Crippen molar-refractivity contribution in [2.45, 2.75) is 110 Å². The molecule has 0 aromatic rings. The molecule has 0 aliphatic carbocycles. The van der Waals surface area contributed by atoms with Crippen molar-refractivity contribution in [3.05, 3.63) is 0 Å². The van der Waals surface area contributed by atoms with E-state index in [2.05, 4.69) is 13.8 Å². The molecule has 0 amide bonds. The molecule has 0 aliphatic rings. The van der Waals surface area contributed by atoms with Crippen LogP contribution in [0.4, 0.5) is 0 Å². The summed E-state index contributed by atoms with van der Waals surface area (Å²) >= 11 is 0. The molecule has 0 radical (unpaired) electrons. The summed E-state index contributed by atoms with van der Waals surface area (Å²) in [6.07, 6.45) is 14.2. The summed E-state index contributed by atoms with van der Waals surface area (Å²) in [5, 5.41) is 19.6. The predicted octanol–water partition coefficient (Wildman–Crippen LogP) is 4.82. The number of aliphatic hydroxyl groups excluding tert-OH is 2. The number of aliphatic hydroxyl groups is 2. The quantitative estimate of drug-likeness (QED) is 0.445. The predicted molar refractivity (Wildman–Crippen MR) is 83.4 cm³/mol. The molecule has 0 fully saturated rings. The summed E-state index contributed by atoms with van der Waals surface area (Å²) in [4.78, 5) is 0. The molecule has 2 heteroatoms. The lowest BCUT2D eigenvalue weighted by atomic mass is 10.0. The highest BCUT2D eigenvalue weighted by Crippen LogP contribution is 2.14. The first-order valence-electron chi connectivity index (χ1n) is 8.56. The molecular weight excluding hydrogens is 236 g/mol. The van der Waals surface area contributed by atoms with Crippen molar-refractivity contribution < 1.29 is 10.2 Å². The number of hydrogen-bond acceptors (Lipinski definition) is 2. The van der Waals surface area contributed by atoms with Crippen LogP contribution in [0.5, 0.6) is 0 Å². The van der Waals surface area contributed by atoms with E-state index in [9.17, 15) is 10.2 Å². The van der Waals surface area contributed by atoms with Crippen molar-refractivity contribution in [2.75, 3.05) is 0 Å². The standard InChI is InChI=1S/C17H36O2/c1-3-5-7-8-9-13-17(19)15-11-10-14-16(18)12-6-4-2/h16-19H,3-15H2,1-2H3. The largest absolute Gasteiger partial charge is 0.393 e. The Morgan fingerprint density at radius 3 is 1.37 bits per heavy atom. The normalized spacial score (nSPS) is 14.5. The third-order valence-electron chi connectivity index (χ3n) is 3.86. The highest BCUT2D eigenvalue weighted by Gasteiger charge is 2.06. The van der Waals surface area contributed by atoms with Crippen LogP contribution in [-0.2, 0) is 0 Å². The number of hydrogen-bond donors (Lipinski definition) is 2. The average molecular weight is 272 g/mol. The van der Waals surface area contributed by atoms with Crippen LogP contribution >= 0.6 is 0 Å². The van der Waals surface area contributed by atoms with Crippen molar-refractivity contribution in [1.82, 2.24) is 0 Å². The van der Waals surface area contributed by atoms with E-state index in [1.807, 2.05) is 0 Å². The molecule has 0 aliphatic heterocycles. The minimum absolute atomic E-state index is 0.116. The Hall–Kier alpha value is -0.0800. The zero-order valence-electron chi connectivity index (χ0n) is 13.2. The van der Waals surface area contributed by atoms with E-state index < -0.39 is 0 Å². The molecule has 0 aromatic carbocycles. The maximum atomic E-state index is 9.85. The Bertz CT molecular complexity index is 171. The maximum absolute atomic E-state index is 9.85. The fourth-order valence-corrected chi connectivity index (χ4v) is 2.47. The Balaban J connectivity index is 3.26. The van der Waals surface area contributed by atoms with Crippen molar-refractivity contribution in [3.63, 3.8) is 0 Å². The Kier molecular flexibility index (Phi) is 14.3. The third kappa shape index (κ3) is 14.1. The monoisotopic (exact) mass is 272 g/mol. The van der Waals surface area contributed by atoms with E-state index in [0.717, 1.165) is 51.4 Å². The first kappa shape index (κ1) is 18.9. The van der Waals surface area contributed by atoms with Crippen LogP contribution in [-0.4, -0.2) is 22.4 Å². The van der Waals surface area contributed by atoms with Crippen LogP contribution in [0.2, 0.25) is 0 Å². The van der Waals surface area contributed by atoms with Crippen LogP contribution in [0.3, 0.4) is 0 Å². The molecule has 0 spiro atoms. The van der Waals surface area contributed by atoms with Crippen LogP contribution in [0.15, 0.2) is 0 Å². The van der Waals surface area contributed by atoms with Gasteiger partial charge in [-0.3, -0.25) is 0 Å². The van der Waals surface area contributed by atoms with Gasteiger partial charge in [-0.15, -0.1) is 0 Å². The summed E-state index contributed by atoms with van der Waals surface area (Å²) < 4.78 is 0. The van der Waals surface area contributed by atoms with Crippen LogP contribution in [0.1, 0.15) is 97.3 Å². The van der Waals surface area contributed by atoms with Gasteiger partial charge in [-0.25, -0.2) is 0 Å². The highest BCUT2D eigenvalue weighted by molar-refractivity contribution is 4.60. The van der Waals surface area contributed by atoms with Gasteiger partial charge in [0.05, 0.1) is 12.2 Å². The maximum Gasteiger partial charge on any atom is 0.0540 e. The molecule has 0 aromatic heterocycles. The van der Waals surface area contributed by atoms with Gasteiger partial charge in [0.2, 0.25) is 0 Å². The smallest absolute Gasteiger partial charge is 0.0540 e. The van der Waals surface area contributed by atoms with Gasteiger partial charge in [0.15, 0.2) is 0 Å². The second-order valence-corrected chi connectivity index (χ2v) is 5.94. The van der Waals surface area contributed by atoms with Gasteiger partial charge >= 0.3 is 0 Å². The van der Waals surface area contributed by atoms with Gasteiger partial charge in [-0.1, -0.05) is 71.6 Å². The van der Waals surface area contributed by atoms with Crippen LogP contribution in [0.25, 0.3) is 0 Å². The lowest BCUT2D eigenvalue weighted by molar-refractivity contribution is 0.132. The fraction of sp³-hybridized carbons (Fsp3) is 1.00. The van der Waals surface area contributed by atoms with Crippen LogP contribution < -0.4 is 0 Å². The molecule has 19 heavy (non-hydrogen) atoms. The van der Waals surface area contributed by atoms with Crippen molar-refractivity contribution >= 4 is 0 Å². The first-order valence-corrected chi connectivity index (χ1v) is 8.56. The van der Waals surface area contributed by atoms with E-state index in [-0.39, 0.29) is 12.2 Å². The SMILES string of the molecule is CCCCCCCC(O)CCCCC(O)CCCC. The second kappa shape index (κ2) is 14.3. The summed E-state index contributed by atoms with van der Waals surface area (Å²) in [5.74, 6) is 0. The van der Waals surface area contributed by atoms with Gasteiger partial charge < -0.3 is 10.2 Å². The van der Waals surface area contributed by atoms with Gasteiger partial charge in [0.1, 0.15) is 0 Å². The van der Waals surface area contributed by atoms with E-state index in [0.29, 0.717) is 0 Å². The number of unbranched alkanes of at least 4 members (excludes halogenated alkanes) is 6. The van der Waals surface area contributed by atoms with Gasteiger partial charge in [0.25, 0.3) is 0 Å². The Morgan fingerprint density at radius 2 is 0.895 bits per heavy atom. The van der Waals surface area contributed by atoms with E-state index in [4.69, 9.17) is 0 Å². The van der Waals surface area contributed by atoms with Gasteiger partial charge in [-0.2, -0.15) is 0 Å². The van der Waals surface area contributed by atoms with Crippen molar-refractivity contribution in [3.8, 4) is 0 Å².